The van der Waals surface area contributed by atoms with Crippen molar-refractivity contribution in [3.63, 3.8) is 0 Å². The lowest BCUT2D eigenvalue weighted by molar-refractivity contribution is -0.145. The summed E-state index contributed by atoms with van der Waals surface area (Å²) in [6.07, 6.45) is -1.37. The van der Waals surface area contributed by atoms with Crippen LogP contribution >= 0.6 is 0 Å². The van der Waals surface area contributed by atoms with Crippen LogP contribution in [0.25, 0.3) is 0 Å². The molecule has 5 N–H and O–H groups in total. The summed E-state index contributed by atoms with van der Waals surface area (Å²) in [5.41, 5.74) is 0.233. The van der Waals surface area contributed by atoms with Crippen LogP contribution in [0.3, 0.4) is 0 Å². The molecule has 2 amide bonds. The Morgan fingerprint density at radius 2 is 1.70 bits per heavy atom. The van der Waals surface area contributed by atoms with E-state index in [1.54, 1.807) is 0 Å². The third-order valence-corrected chi connectivity index (χ3v) is 2.97. The SMILES string of the molecule is CC(O)C(NC(=O)[C@H](NC(=O)C[O])c1ccc(O)cc1)C(=O)O. The molecule has 0 spiro atoms. The molecule has 0 saturated carbocycles. The van der Waals surface area contributed by atoms with Gasteiger partial charge in [-0.05, 0) is 24.6 Å². The zero-order chi connectivity index (χ0) is 17.6. The van der Waals surface area contributed by atoms with E-state index in [1.807, 2.05) is 0 Å². The number of hydrogen-bond acceptors (Lipinski definition) is 5. The number of carbonyl (C=O) groups excluding carboxylic acids is 2. The lowest BCUT2D eigenvalue weighted by atomic mass is 10.0. The van der Waals surface area contributed by atoms with Crippen LogP contribution in [-0.2, 0) is 19.5 Å². The molecule has 0 aliphatic rings. The monoisotopic (exact) mass is 325 g/mol. The van der Waals surface area contributed by atoms with Gasteiger partial charge in [-0.2, -0.15) is 0 Å². The number of phenols is 1. The minimum atomic E-state index is -1.58. The molecule has 0 bridgehead atoms. The molecule has 9 heteroatoms. The molecule has 0 aliphatic heterocycles. The fourth-order valence-corrected chi connectivity index (χ4v) is 1.79. The number of nitrogens with one attached hydrogen (secondary N) is 2. The maximum atomic E-state index is 12.2. The Balaban J connectivity index is 3.03. The summed E-state index contributed by atoms with van der Waals surface area (Å²) >= 11 is 0. The first kappa shape index (κ1) is 18.4. The van der Waals surface area contributed by atoms with E-state index >= 15 is 0 Å². The summed E-state index contributed by atoms with van der Waals surface area (Å²) in [7, 11) is 0. The van der Waals surface area contributed by atoms with Gasteiger partial charge in [0, 0.05) is 0 Å². The van der Waals surface area contributed by atoms with Crippen molar-refractivity contribution in [1.82, 2.24) is 10.6 Å². The van der Waals surface area contributed by atoms with Crippen LogP contribution in [-0.4, -0.2) is 51.9 Å². The summed E-state index contributed by atoms with van der Waals surface area (Å²) in [4.78, 5) is 34.5. The smallest absolute Gasteiger partial charge is 0.328 e. The Bertz CT molecular complexity index is 571. The van der Waals surface area contributed by atoms with Crippen LogP contribution in [0.1, 0.15) is 18.5 Å². The van der Waals surface area contributed by atoms with Gasteiger partial charge in [0.2, 0.25) is 11.8 Å². The fraction of sp³-hybridized carbons (Fsp3) is 0.357. The number of phenolic OH excluding ortho intramolecular Hbond substituents is 1. The molecular formula is C14H17N2O7. The molecule has 23 heavy (non-hydrogen) atoms. The van der Waals surface area contributed by atoms with Gasteiger partial charge in [0.25, 0.3) is 0 Å². The Morgan fingerprint density at radius 1 is 1.13 bits per heavy atom. The standard InChI is InChI=1S/C14H17N2O7/c1-7(18)11(14(22)23)16-13(21)12(15-10(20)6-17)8-2-4-9(19)5-3-8/h2-5,7,11-12,18-19H,6H2,1H3,(H,15,20)(H,16,21)(H,22,23)/t7?,11?,12-/m1/s1. The van der Waals surface area contributed by atoms with Crippen molar-refractivity contribution in [1.29, 1.82) is 0 Å². The minimum Gasteiger partial charge on any atom is -0.508 e. The average molecular weight is 325 g/mol. The van der Waals surface area contributed by atoms with Crippen molar-refractivity contribution in [3.8, 4) is 5.75 Å². The Morgan fingerprint density at radius 3 is 2.13 bits per heavy atom. The third-order valence-electron chi connectivity index (χ3n) is 2.97. The van der Waals surface area contributed by atoms with Crippen molar-refractivity contribution in [2.45, 2.75) is 25.1 Å². The average Bonchev–Trinajstić information content (AvgIpc) is 2.50. The summed E-state index contributed by atoms with van der Waals surface area (Å²) in [5, 5.41) is 42.4. The second-order valence-corrected chi connectivity index (χ2v) is 4.80. The van der Waals surface area contributed by atoms with E-state index in [9.17, 15) is 29.7 Å². The molecule has 1 aromatic rings. The largest absolute Gasteiger partial charge is 0.508 e. The molecule has 1 rings (SSSR count). The van der Waals surface area contributed by atoms with Crippen molar-refractivity contribution in [2.24, 2.45) is 0 Å². The molecule has 0 aromatic heterocycles. The molecule has 3 atom stereocenters. The second-order valence-electron chi connectivity index (χ2n) is 4.80. The minimum absolute atomic E-state index is 0.0737. The predicted octanol–water partition coefficient (Wildman–Crippen LogP) is -1.07. The fourth-order valence-electron chi connectivity index (χ4n) is 1.79. The predicted molar refractivity (Wildman–Crippen MR) is 75.8 cm³/mol. The maximum absolute atomic E-state index is 12.2. The van der Waals surface area contributed by atoms with Gasteiger partial charge in [0.1, 0.15) is 11.8 Å². The molecule has 0 fully saturated rings. The lowest BCUT2D eigenvalue weighted by Gasteiger charge is -2.22. The topological polar surface area (TPSA) is 156 Å². The highest BCUT2D eigenvalue weighted by Gasteiger charge is 2.30. The van der Waals surface area contributed by atoms with Crippen LogP contribution in [0.15, 0.2) is 24.3 Å². The Kier molecular flexibility index (Phi) is 6.49. The first-order chi connectivity index (χ1) is 10.8. The number of aliphatic hydroxyl groups is 1. The molecule has 0 heterocycles. The van der Waals surface area contributed by atoms with Crippen molar-refractivity contribution >= 4 is 17.8 Å². The first-order valence-electron chi connectivity index (χ1n) is 6.64. The number of aliphatic carboxylic acids is 1. The van der Waals surface area contributed by atoms with Crippen LogP contribution in [0.5, 0.6) is 5.75 Å². The number of benzene rings is 1. The molecule has 125 valence electrons. The normalized spacial score (nSPS) is 14.4. The number of aliphatic hydroxyl groups excluding tert-OH is 1. The van der Waals surface area contributed by atoms with Gasteiger partial charge in [0.05, 0.1) is 6.10 Å². The molecule has 1 aromatic carbocycles. The number of aromatic hydroxyl groups is 1. The number of amides is 2. The van der Waals surface area contributed by atoms with E-state index in [4.69, 9.17) is 5.11 Å². The van der Waals surface area contributed by atoms with Crippen molar-refractivity contribution < 1.29 is 34.8 Å². The van der Waals surface area contributed by atoms with E-state index in [-0.39, 0.29) is 11.3 Å². The van der Waals surface area contributed by atoms with Gasteiger partial charge in [0.15, 0.2) is 12.6 Å². The highest BCUT2D eigenvalue weighted by atomic mass is 16.4. The Labute approximate surface area is 131 Å². The van der Waals surface area contributed by atoms with Crippen LogP contribution in [0.4, 0.5) is 0 Å². The number of rotatable bonds is 7. The first-order valence-corrected chi connectivity index (χ1v) is 6.64. The van der Waals surface area contributed by atoms with E-state index in [2.05, 4.69) is 10.6 Å². The molecule has 1 radical (unpaired) electrons. The van der Waals surface area contributed by atoms with Gasteiger partial charge < -0.3 is 26.0 Å². The molecule has 9 nitrogen and oxygen atoms in total. The highest BCUT2D eigenvalue weighted by Crippen LogP contribution is 2.17. The lowest BCUT2D eigenvalue weighted by Crippen LogP contribution is -2.51. The quantitative estimate of drug-likeness (QED) is 0.430. The van der Waals surface area contributed by atoms with Crippen molar-refractivity contribution in [2.75, 3.05) is 6.61 Å². The number of hydrogen-bond donors (Lipinski definition) is 5. The highest BCUT2D eigenvalue weighted by molar-refractivity contribution is 5.91. The number of carbonyl (C=O) groups is 3. The Hall–Kier alpha value is -2.65. The van der Waals surface area contributed by atoms with E-state index in [0.29, 0.717) is 0 Å². The molecule has 2 unspecified atom stereocenters. The van der Waals surface area contributed by atoms with Crippen LogP contribution in [0, 0.1) is 0 Å². The zero-order valence-electron chi connectivity index (χ0n) is 12.2. The molecule has 0 aliphatic carbocycles. The molecule has 0 saturated heterocycles. The second kappa shape index (κ2) is 8.11. The van der Waals surface area contributed by atoms with Crippen LogP contribution < -0.4 is 10.6 Å². The van der Waals surface area contributed by atoms with Crippen LogP contribution in [0.2, 0.25) is 0 Å². The summed E-state index contributed by atoms with van der Waals surface area (Å²) in [5.74, 6) is -3.39. The summed E-state index contributed by atoms with van der Waals surface area (Å²) < 4.78 is 0. The number of carboxylic acids is 1. The summed E-state index contributed by atoms with van der Waals surface area (Å²) in [6, 6.07) is 2.29. The summed E-state index contributed by atoms with van der Waals surface area (Å²) in [6.45, 7) is 0.0749. The van der Waals surface area contributed by atoms with Gasteiger partial charge in [-0.15, -0.1) is 0 Å². The van der Waals surface area contributed by atoms with Gasteiger partial charge in [-0.25, -0.2) is 9.90 Å². The zero-order valence-corrected chi connectivity index (χ0v) is 12.2. The van der Waals surface area contributed by atoms with E-state index in [1.165, 1.54) is 31.2 Å². The van der Waals surface area contributed by atoms with Gasteiger partial charge >= 0.3 is 5.97 Å². The van der Waals surface area contributed by atoms with E-state index in [0.717, 1.165) is 0 Å². The van der Waals surface area contributed by atoms with E-state index < -0.39 is 42.6 Å². The van der Waals surface area contributed by atoms with Gasteiger partial charge in [-0.1, -0.05) is 12.1 Å². The number of carboxylic acid groups (broad SMARTS) is 1. The van der Waals surface area contributed by atoms with Crippen molar-refractivity contribution in [3.05, 3.63) is 29.8 Å². The third kappa shape index (κ3) is 5.24. The van der Waals surface area contributed by atoms with Gasteiger partial charge in [-0.3, -0.25) is 9.59 Å². The molecular weight excluding hydrogens is 308 g/mol. The maximum Gasteiger partial charge on any atom is 0.328 e.